The van der Waals surface area contributed by atoms with Crippen LogP contribution in [0.25, 0.3) is 0 Å². The van der Waals surface area contributed by atoms with Gasteiger partial charge < -0.3 is 10.4 Å². The number of benzene rings is 2. The molecule has 1 unspecified atom stereocenters. The summed E-state index contributed by atoms with van der Waals surface area (Å²) < 4.78 is 0.788. The molecule has 0 heterocycles. The highest BCUT2D eigenvalue weighted by Gasteiger charge is 2.11. The normalized spacial score (nSPS) is 12.0. The highest BCUT2D eigenvalue weighted by atomic mass is 79.9. The molecule has 0 saturated heterocycles. The molecule has 2 rings (SSSR count). The van der Waals surface area contributed by atoms with E-state index >= 15 is 0 Å². The largest absolute Gasteiger partial charge is 0.389 e. The molecule has 0 saturated carbocycles. The second-order valence-corrected chi connectivity index (χ2v) is 5.70. The highest BCUT2D eigenvalue weighted by Crippen LogP contribution is 2.22. The molecule has 1 atom stereocenters. The average Bonchev–Trinajstić information content (AvgIpc) is 2.42. The lowest BCUT2D eigenvalue weighted by Gasteiger charge is -2.09. The first kappa shape index (κ1) is 15.0. The number of rotatable bonds is 3. The summed E-state index contributed by atoms with van der Waals surface area (Å²) in [6.07, 6.45) is -0.528. The van der Waals surface area contributed by atoms with Gasteiger partial charge in [-0.15, -0.1) is 0 Å². The molecule has 104 valence electrons. The number of carbonyl (C=O) groups excluding carboxylic acids is 1. The summed E-state index contributed by atoms with van der Waals surface area (Å²) in [5.74, 6) is -0.277. The van der Waals surface area contributed by atoms with Gasteiger partial charge in [0.25, 0.3) is 5.91 Å². The first-order valence-electron chi connectivity index (χ1n) is 6.02. The molecule has 0 radical (unpaired) electrons. The minimum Gasteiger partial charge on any atom is -0.389 e. The molecular weight excluding hydrogens is 342 g/mol. The second kappa shape index (κ2) is 6.39. The van der Waals surface area contributed by atoms with Crippen LogP contribution >= 0.6 is 27.5 Å². The maximum Gasteiger partial charge on any atom is 0.257 e. The van der Waals surface area contributed by atoms with E-state index in [1.54, 1.807) is 49.4 Å². The fourth-order valence-corrected chi connectivity index (χ4v) is 2.28. The Kier molecular flexibility index (Phi) is 4.81. The summed E-state index contributed by atoms with van der Waals surface area (Å²) in [5, 5.41) is 12.6. The van der Waals surface area contributed by atoms with Crippen molar-refractivity contribution in [1.82, 2.24) is 0 Å². The predicted octanol–water partition coefficient (Wildman–Crippen LogP) is 4.41. The summed E-state index contributed by atoms with van der Waals surface area (Å²) in [7, 11) is 0. The Morgan fingerprint density at radius 1 is 1.25 bits per heavy atom. The van der Waals surface area contributed by atoms with Crippen molar-refractivity contribution in [3.63, 3.8) is 0 Å². The van der Waals surface area contributed by atoms with Crippen molar-refractivity contribution < 1.29 is 9.90 Å². The van der Waals surface area contributed by atoms with Crippen LogP contribution in [0.2, 0.25) is 5.02 Å². The number of amides is 1. The number of aliphatic hydroxyl groups excluding tert-OH is 1. The van der Waals surface area contributed by atoms with Crippen molar-refractivity contribution >= 4 is 39.1 Å². The molecular formula is C15H13BrClNO2. The zero-order valence-electron chi connectivity index (χ0n) is 10.7. The summed E-state index contributed by atoms with van der Waals surface area (Å²) in [4.78, 5) is 12.1. The van der Waals surface area contributed by atoms with E-state index in [-0.39, 0.29) is 5.91 Å². The molecule has 0 fully saturated rings. The number of halogens is 2. The molecule has 2 N–H and O–H groups in total. The highest BCUT2D eigenvalue weighted by molar-refractivity contribution is 9.10. The van der Waals surface area contributed by atoms with Crippen LogP contribution in [0.15, 0.2) is 46.9 Å². The number of hydrogen-bond donors (Lipinski definition) is 2. The zero-order valence-corrected chi connectivity index (χ0v) is 13.1. The molecule has 20 heavy (non-hydrogen) atoms. The van der Waals surface area contributed by atoms with Gasteiger partial charge in [-0.2, -0.15) is 0 Å². The summed E-state index contributed by atoms with van der Waals surface area (Å²) in [6, 6.07) is 12.1. The maximum absolute atomic E-state index is 12.1. The fourth-order valence-electron chi connectivity index (χ4n) is 1.71. The van der Waals surface area contributed by atoms with Gasteiger partial charge in [-0.25, -0.2) is 0 Å². The monoisotopic (exact) mass is 353 g/mol. The van der Waals surface area contributed by atoms with Gasteiger partial charge in [-0.3, -0.25) is 4.79 Å². The van der Waals surface area contributed by atoms with Crippen LogP contribution in [0.3, 0.4) is 0 Å². The second-order valence-electron chi connectivity index (χ2n) is 4.38. The molecule has 0 aliphatic carbocycles. The van der Waals surface area contributed by atoms with E-state index in [9.17, 15) is 9.90 Å². The minimum absolute atomic E-state index is 0.277. The number of carbonyl (C=O) groups is 1. The fraction of sp³-hybridized carbons (Fsp3) is 0.133. The van der Waals surface area contributed by atoms with Gasteiger partial charge in [0, 0.05) is 10.2 Å². The Morgan fingerprint density at radius 2 is 1.90 bits per heavy atom. The first-order valence-corrected chi connectivity index (χ1v) is 7.19. The van der Waals surface area contributed by atoms with E-state index in [2.05, 4.69) is 21.2 Å². The lowest BCUT2D eigenvalue weighted by Crippen LogP contribution is -2.12. The predicted molar refractivity (Wildman–Crippen MR) is 84.2 cm³/mol. The zero-order chi connectivity index (χ0) is 14.7. The molecule has 1 amide bonds. The third-order valence-corrected chi connectivity index (χ3v) is 3.65. The van der Waals surface area contributed by atoms with Crippen LogP contribution in [-0.2, 0) is 0 Å². The molecule has 3 nitrogen and oxygen atoms in total. The average molecular weight is 355 g/mol. The first-order chi connectivity index (χ1) is 9.47. The summed E-state index contributed by atoms with van der Waals surface area (Å²) in [5.41, 5.74) is 1.85. The molecule has 0 spiro atoms. The van der Waals surface area contributed by atoms with Gasteiger partial charge in [0.15, 0.2) is 0 Å². The lowest BCUT2D eigenvalue weighted by atomic mass is 10.1. The van der Waals surface area contributed by atoms with E-state index in [0.29, 0.717) is 16.3 Å². The molecule has 2 aromatic rings. The van der Waals surface area contributed by atoms with Crippen molar-refractivity contribution in [2.45, 2.75) is 13.0 Å². The molecule has 0 aliphatic rings. The van der Waals surface area contributed by atoms with Crippen molar-refractivity contribution in [3.05, 3.63) is 63.1 Å². The smallest absolute Gasteiger partial charge is 0.257 e. The van der Waals surface area contributed by atoms with Gasteiger partial charge in [-0.1, -0.05) is 39.7 Å². The van der Waals surface area contributed by atoms with Gasteiger partial charge in [0.2, 0.25) is 0 Å². The molecule has 0 bridgehead atoms. The topological polar surface area (TPSA) is 49.3 Å². The van der Waals surface area contributed by atoms with E-state index < -0.39 is 6.10 Å². The Labute approximate surface area is 130 Å². The van der Waals surface area contributed by atoms with Crippen LogP contribution in [-0.4, -0.2) is 11.0 Å². The number of hydrogen-bond acceptors (Lipinski definition) is 2. The summed E-state index contributed by atoms with van der Waals surface area (Å²) in [6.45, 7) is 1.69. The van der Waals surface area contributed by atoms with E-state index in [1.807, 2.05) is 0 Å². The van der Waals surface area contributed by atoms with Crippen LogP contribution in [0.4, 0.5) is 5.69 Å². The van der Waals surface area contributed by atoms with E-state index in [4.69, 9.17) is 11.6 Å². The lowest BCUT2D eigenvalue weighted by molar-refractivity contribution is 0.102. The number of anilines is 1. The Morgan fingerprint density at radius 3 is 2.50 bits per heavy atom. The third kappa shape index (κ3) is 3.60. The van der Waals surface area contributed by atoms with Gasteiger partial charge >= 0.3 is 0 Å². The van der Waals surface area contributed by atoms with Crippen LogP contribution in [0, 0.1) is 0 Å². The van der Waals surface area contributed by atoms with Gasteiger partial charge in [-0.05, 0) is 42.8 Å². The number of nitrogens with one attached hydrogen (secondary N) is 1. The minimum atomic E-state index is -0.528. The van der Waals surface area contributed by atoms with Gasteiger partial charge in [0.05, 0.1) is 16.7 Å². The number of aliphatic hydroxyl groups is 1. The Hall–Kier alpha value is -1.36. The van der Waals surface area contributed by atoms with Crippen molar-refractivity contribution in [2.24, 2.45) is 0 Å². The van der Waals surface area contributed by atoms with Crippen LogP contribution < -0.4 is 5.32 Å². The van der Waals surface area contributed by atoms with Crippen molar-refractivity contribution in [3.8, 4) is 0 Å². The molecule has 2 aromatic carbocycles. The van der Waals surface area contributed by atoms with E-state index in [0.717, 1.165) is 10.0 Å². The van der Waals surface area contributed by atoms with Gasteiger partial charge in [0.1, 0.15) is 0 Å². The van der Waals surface area contributed by atoms with Crippen LogP contribution in [0.5, 0.6) is 0 Å². The quantitative estimate of drug-likeness (QED) is 0.858. The standard InChI is InChI=1S/C15H13BrClNO2/c1-9(19)10-2-5-12(6-3-10)18-15(20)13-8-11(16)4-7-14(13)17/h2-9,19H,1H3,(H,18,20). The molecule has 0 aromatic heterocycles. The van der Waals surface area contributed by atoms with Crippen LogP contribution in [0.1, 0.15) is 28.9 Å². The van der Waals surface area contributed by atoms with Crippen molar-refractivity contribution in [2.75, 3.05) is 5.32 Å². The Bertz CT molecular complexity index is 626. The van der Waals surface area contributed by atoms with E-state index in [1.165, 1.54) is 0 Å². The Balaban J connectivity index is 2.17. The maximum atomic E-state index is 12.1. The SMILES string of the molecule is CC(O)c1ccc(NC(=O)c2cc(Br)ccc2Cl)cc1. The van der Waals surface area contributed by atoms with Crippen molar-refractivity contribution in [1.29, 1.82) is 0 Å². The third-order valence-electron chi connectivity index (χ3n) is 2.82. The molecule has 0 aliphatic heterocycles. The summed E-state index contributed by atoms with van der Waals surface area (Å²) >= 11 is 9.32. The molecule has 5 heteroatoms.